The van der Waals surface area contributed by atoms with Gasteiger partial charge in [0.25, 0.3) is 0 Å². The number of rotatable bonds is 7. The van der Waals surface area contributed by atoms with Crippen LogP contribution >= 0.6 is 0 Å². The van der Waals surface area contributed by atoms with Crippen molar-refractivity contribution >= 4 is 12.0 Å². The van der Waals surface area contributed by atoms with Crippen LogP contribution in [0.25, 0.3) is 0 Å². The number of amides is 2. The van der Waals surface area contributed by atoms with Gasteiger partial charge in [-0.05, 0) is 18.8 Å². The molecule has 0 spiro atoms. The van der Waals surface area contributed by atoms with Crippen LogP contribution < -0.4 is 0 Å². The summed E-state index contributed by atoms with van der Waals surface area (Å²) in [6, 6.07) is 0.0162. The molecule has 2 atom stereocenters. The van der Waals surface area contributed by atoms with Crippen molar-refractivity contribution in [1.29, 1.82) is 0 Å². The molecule has 1 aliphatic rings. The number of urea groups is 1. The van der Waals surface area contributed by atoms with Crippen LogP contribution in [0.4, 0.5) is 4.79 Å². The van der Waals surface area contributed by atoms with E-state index in [4.69, 9.17) is 5.11 Å². The lowest BCUT2D eigenvalue weighted by Crippen LogP contribution is -2.43. The second-order valence-electron chi connectivity index (χ2n) is 5.80. The zero-order valence-corrected chi connectivity index (χ0v) is 13.0. The van der Waals surface area contributed by atoms with Crippen LogP contribution in [0.5, 0.6) is 0 Å². The summed E-state index contributed by atoms with van der Waals surface area (Å²) in [6.07, 6.45) is 4.12. The molecule has 0 aliphatic carbocycles. The minimum Gasteiger partial charge on any atom is -0.481 e. The van der Waals surface area contributed by atoms with E-state index in [-0.39, 0.29) is 11.9 Å². The summed E-state index contributed by atoms with van der Waals surface area (Å²) in [5, 5.41) is 9.15. The van der Waals surface area contributed by atoms with Crippen LogP contribution in [-0.4, -0.2) is 53.1 Å². The molecular formula is C15H28N2O3. The van der Waals surface area contributed by atoms with Gasteiger partial charge in [-0.2, -0.15) is 0 Å². The van der Waals surface area contributed by atoms with Crippen LogP contribution in [0, 0.1) is 11.8 Å². The van der Waals surface area contributed by atoms with Crippen molar-refractivity contribution in [2.24, 2.45) is 11.8 Å². The van der Waals surface area contributed by atoms with E-state index in [1.54, 1.807) is 4.90 Å². The van der Waals surface area contributed by atoms with Crippen LogP contribution in [0.1, 0.15) is 46.5 Å². The highest BCUT2D eigenvalue weighted by Crippen LogP contribution is 2.24. The van der Waals surface area contributed by atoms with Crippen molar-refractivity contribution < 1.29 is 14.7 Å². The quantitative estimate of drug-likeness (QED) is 0.782. The topological polar surface area (TPSA) is 60.9 Å². The molecule has 5 heteroatoms. The molecule has 0 bridgehead atoms. The van der Waals surface area contributed by atoms with E-state index in [0.717, 1.165) is 38.8 Å². The molecule has 1 heterocycles. The molecule has 2 unspecified atom stereocenters. The van der Waals surface area contributed by atoms with E-state index in [1.165, 1.54) is 0 Å². The number of likely N-dealkylation sites (tertiary alicyclic amines) is 1. The molecule has 0 saturated carbocycles. The van der Waals surface area contributed by atoms with Crippen molar-refractivity contribution in [2.75, 3.05) is 26.2 Å². The number of carbonyl (C=O) groups is 2. The molecule has 0 aromatic rings. The van der Waals surface area contributed by atoms with E-state index in [2.05, 4.69) is 13.8 Å². The van der Waals surface area contributed by atoms with Crippen molar-refractivity contribution in [2.45, 2.75) is 46.5 Å². The average molecular weight is 284 g/mol. The summed E-state index contributed by atoms with van der Waals surface area (Å²) in [6.45, 7) is 8.60. The Labute approximate surface area is 121 Å². The van der Waals surface area contributed by atoms with Gasteiger partial charge in [-0.3, -0.25) is 4.79 Å². The molecule has 1 rings (SSSR count). The zero-order chi connectivity index (χ0) is 15.1. The number of hydrogen-bond acceptors (Lipinski definition) is 2. The summed E-state index contributed by atoms with van der Waals surface area (Å²) in [5.41, 5.74) is 0. The number of hydrogen-bond donors (Lipinski definition) is 1. The van der Waals surface area contributed by atoms with Crippen LogP contribution in [0.15, 0.2) is 0 Å². The Hall–Kier alpha value is -1.26. The van der Waals surface area contributed by atoms with Gasteiger partial charge in [0.05, 0.1) is 5.92 Å². The SMILES string of the molecule is CCCCN(CCCC)C(=O)N1CC(C)C(C(=O)O)C1. The third-order valence-corrected chi connectivity index (χ3v) is 4.03. The third kappa shape index (κ3) is 4.39. The minimum atomic E-state index is -0.790. The number of carbonyl (C=O) groups excluding carboxylic acids is 1. The predicted molar refractivity (Wildman–Crippen MR) is 78.6 cm³/mol. The van der Waals surface area contributed by atoms with E-state index < -0.39 is 11.9 Å². The van der Waals surface area contributed by atoms with Crippen molar-refractivity contribution in [3.8, 4) is 0 Å². The molecule has 2 amide bonds. The molecule has 1 saturated heterocycles. The second kappa shape index (κ2) is 8.12. The van der Waals surface area contributed by atoms with Gasteiger partial charge in [0.2, 0.25) is 0 Å². The fourth-order valence-corrected chi connectivity index (χ4v) is 2.65. The van der Waals surface area contributed by atoms with Gasteiger partial charge in [-0.1, -0.05) is 33.6 Å². The second-order valence-corrected chi connectivity index (χ2v) is 5.80. The van der Waals surface area contributed by atoms with Crippen molar-refractivity contribution in [3.05, 3.63) is 0 Å². The van der Waals surface area contributed by atoms with Crippen LogP contribution in [0.2, 0.25) is 0 Å². The molecule has 0 aromatic heterocycles. The molecule has 5 nitrogen and oxygen atoms in total. The number of carboxylic acids is 1. The smallest absolute Gasteiger partial charge is 0.320 e. The first-order valence-corrected chi connectivity index (χ1v) is 7.77. The summed E-state index contributed by atoms with van der Waals surface area (Å²) >= 11 is 0. The van der Waals surface area contributed by atoms with Crippen LogP contribution in [0.3, 0.4) is 0 Å². The molecule has 20 heavy (non-hydrogen) atoms. The Morgan fingerprint density at radius 3 is 2.10 bits per heavy atom. The number of carboxylic acid groups (broad SMARTS) is 1. The monoisotopic (exact) mass is 284 g/mol. The number of aliphatic carboxylic acids is 1. The van der Waals surface area contributed by atoms with Gasteiger partial charge in [0.1, 0.15) is 0 Å². The summed E-state index contributed by atoms with van der Waals surface area (Å²) in [5.74, 6) is -1.17. The largest absolute Gasteiger partial charge is 0.481 e. The van der Waals surface area contributed by atoms with E-state index >= 15 is 0 Å². The Morgan fingerprint density at radius 1 is 1.15 bits per heavy atom. The van der Waals surface area contributed by atoms with E-state index in [9.17, 15) is 9.59 Å². The maximum Gasteiger partial charge on any atom is 0.320 e. The highest BCUT2D eigenvalue weighted by Gasteiger charge is 2.38. The highest BCUT2D eigenvalue weighted by molar-refractivity contribution is 5.77. The minimum absolute atomic E-state index is 0.0162. The molecule has 1 aliphatic heterocycles. The lowest BCUT2D eigenvalue weighted by molar-refractivity contribution is -0.142. The van der Waals surface area contributed by atoms with Gasteiger partial charge in [-0.25, -0.2) is 4.79 Å². The standard InChI is InChI=1S/C15H28N2O3/c1-4-6-8-16(9-7-5-2)15(20)17-10-12(3)13(11-17)14(18)19/h12-13H,4-11H2,1-3H3,(H,18,19). The predicted octanol–water partition coefficient (Wildman–Crippen LogP) is 2.66. The number of nitrogens with zero attached hydrogens (tertiary/aromatic N) is 2. The van der Waals surface area contributed by atoms with Crippen molar-refractivity contribution in [1.82, 2.24) is 9.80 Å². The fourth-order valence-electron chi connectivity index (χ4n) is 2.65. The molecule has 0 radical (unpaired) electrons. The summed E-state index contributed by atoms with van der Waals surface area (Å²) in [7, 11) is 0. The molecule has 1 fully saturated rings. The van der Waals surface area contributed by atoms with Gasteiger partial charge < -0.3 is 14.9 Å². The Morgan fingerprint density at radius 2 is 1.70 bits per heavy atom. The maximum atomic E-state index is 12.5. The van der Waals surface area contributed by atoms with Crippen LogP contribution in [-0.2, 0) is 4.79 Å². The first kappa shape index (κ1) is 16.8. The van der Waals surface area contributed by atoms with Crippen molar-refractivity contribution in [3.63, 3.8) is 0 Å². The first-order chi connectivity index (χ1) is 9.51. The maximum absolute atomic E-state index is 12.5. The molecule has 1 N–H and O–H groups in total. The highest BCUT2D eigenvalue weighted by atomic mass is 16.4. The molecular weight excluding hydrogens is 256 g/mol. The van der Waals surface area contributed by atoms with E-state index in [0.29, 0.717) is 13.1 Å². The Balaban J connectivity index is 2.62. The van der Waals surface area contributed by atoms with Gasteiger partial charge >= 0.3 is 12.0 Å². The van der Waals surface area contributed by atoms with E-state index in [1.807, 2.05) is 11.8 Å². The molecule has 0 aromatic carbocycles. The Bertz CT molecular complexity index is 325. The molecule has 116 valence electrons. The van der Waals surface area contributed by atoms with Gasteiger partial charge in [0.15, 0.2) is 0 Å². The lowest BCUT2D eigenvalue weighted by atomic mass is 9.99. The lowest BCUT2D eigenvalue weighted by Gasteiger charge is -2.28. The normalized spacial score (nSPS) is 22.1. The fraction of sp³-hybridized carbons (Fsp3) is 0.867. The Kier molecular flexibility index (Phi) is 6.82. The van der Waals surface area contributed by atoms with Gasteiger partial charge in [-0.15, -0.1) is 0 Å². The summed E-state index contributed by atoms with van der Waals surface area (Å²) < 4.78 is 0. The zero-order valence-electron chi connectivity index (χ0n) is 13.0. The average Bonchev–Trinajstić information content (AvgIpc) is 2.80. The summed E-state index contributed by atoms with van der Waals surface area (Å²) in [4.78, 5) is 27.3. The number of unbranched alkanes of at least 4 members (excludes halogenated alkanes) is 2. The van der Waals surface area contributed by atoms with Gasteiger partial charge in [0, 0.05) is 26.2 Å². The first-order valence-electron chi connectivity index (χ1n) is 7.77. The third-order valence-electron chi connectivity index (χ3n) is 4.03.